The van der Waals surface area contributed by atoms with Crippen LogP contribution < -0.4 is 10.0 Å². The lowest BCUT2D eigenvalue weighted by Gasteiger charge is -2.09. The Kier molecular flexibility index (Phi) is 5.13. The van der Waals surface area contributed by atoms with Crippen LogP contribution in [0.5, 0.6) is 0 Å². The highest BCUT2D eigenvalue weighted by Crippen LogP contribution is 2.20. The number of anilines is 1. The van der Waals surface area contributed by atoms with E-state index in [1.165, 1.54) is 12.8 Å². The first-order chi connectivity index (χ1) is 9.09. The summed E-state index contributed by atoms with van der Waals surface area (Å²) in [6.45, 7) is 0.774. The first kappa shape index (κ1) is 14.7. The highest BCUT2D eigenvalue weighted by atomic mass is 32.2. The van der Waals surface area contributed by atoms with Gasteiger partial charge in [0, 0.05) is 16.6 Å². The Morgan fingerprint density at radius 3 is 2.84 bits per heavy atom. The molecule has 0 bridgehead atoms. The van der Waals surface area contributed by atoms with Crippen molar-refractivity contribution >= 4 is 27.5 Å². The molecule has 0 saturated heterocycles. The molecule has 0 spiro atoms. The SMILES string of the molecule is CSc1cccc(NS(=O)(=O)CCCNC2CC2)c1. The summed E-state index contributed by atoms with van der Waals surface area (Å²) in [5, 5.41) is 3.32. The molecule has 2 N–H and O–H groups in total. The molecule has 0 heterocycles. The monoisotopic (exact) mass is 300 g/mol. The summed E-state index contributed by atoms with van der Waals surface area (Å²) in [5.74, 6) is 0.163. The van der Waals surface area contributed by atoms with E-state index < -0.39 is 10.0 Å². The number of thioether (sulfide) groups is 1. The van der Waals surface area contributed by atoms with Crippen molar-refractivity contribution in [3.05, 3.63) is 24.3 Å². The number of rotatable bonds is 8. The van der Waals surface area contributed by atoms with Gasteiger partial charge >= 0.3 is 0 Å². The van der Waals surface area contributed by atoms with Crippen LogP contribution in [0.1, 0.15) is 19.3 Å². The average Bonchev–Trinajstić information content (AvgIpc) is 3.18. The van der Waals surface area contributed by atoms with Gasteiger partial charge in [0.1, 0.15) is 0 Å². The highest BCUT2D eigenvalue weighted by Gasteiger charge is 2.20. The normalized spacial score (nSPS) is 15.4. The van der Waals surface area contributed by atoms with Gasteiger partial charge in [-0.1, -0.05) is 6.07 Å². The number of sulfonamides is 1. The summed E-state index contributed by atoms with van der Waals surface area (Å²) >= 11 is 1.60. The van der Waals surface area contributed by atoms with E-state index in [-0.39, 0.29) is 5.75 Å². The first-order valence-corrected chi connectivity index (χ1v) is 9.35. The fourth-order valence-electron chi connectivity index (χ4n) is 1.77. The molecule has 1 aliphatic carbocycles. The van der Waals surface area contributed by atoms with E-state index in [1.54, 1.807) is 17.8 Å². The number of hydrogen-bond donors (Lipinski definition) is 2. The van der Waals surface area contributed by atoms with Crippen LogP contribution in [-0.4, -0.2) is 33.0 Å². The second-order valence-electron chi connectivity index (χ2n) is 4.73. The zero-order valence-electron chi connectivity index (χ0n) is 11.1. The van der Waals surface area contributed by atoms with Gasteiger partial charge in [0.05, 0.1) is 5.75 Å². The molecular formula is C13H20N2O2S2. The van der Waals surface area contributed by atoms with E-state index >= 15 is 0 Å². The van der Waals surface area contributed by atoms with Crippen LogP contribution in [0.2, 0.25) is 0 Å². The van der Waals surface area contributed by atoms with E-state index in [2.05, 4.69) is 10.0 Å². The summed E-state index contributed by atoms with van der Waals surface area (Å²) in [5.41, 5.74) is 0.641. The quantitative estimate of drug-likeness (QED) is 0.571. The second-order valence-corrected chi connectivity index (χ2v) is 7.46. The Morgan fingerprint density at radius 2 is 2.16 bits per heavy atom. The molecule has 0 amide bonds. The Hall–Kier alpha value is -0.720. The smallest absolute Gasteiger partial charge is 0.232 e. The van der Waals surface area contributed by atoms with Gasteiger partial charge in [0.15, 0.2) is 0 Å². The molecule has 6 heteroatoms. The van der Waals surface area contributed by atoms with Crippen molar-refractivity contribution in [1.82, 2.24) is 5.32 Å². The molecular weight excluding hydrogens is 280 g/mol. The Balaban J connectivity index is 1.81. The lowest BCUT2D eigenvalue weighted by atomic mass is 10.3. The van der Waals surface area contributed by atoms with Crippen LogP contribution in [0, 0.1) is 0 Å². The van der Waals surface area contributed by atoms with Gasteiger partial charge in [0.25, 0.3) is 0 Å². The van der Waals surface area contributed by atoms with Crippen molar-refractivity contribution in [2.75, 3.05) is 23.3 Å². The minimum absolute atomic E-state index is 0.163. The van der Waals surface area contributed by atoms with Crippen LogP contribution in [0.15, 0.2) is 29.2 Å². The van der Waals surface area contributed by atoms with Gasteiger partial charge in [-0.15, -0.1) is 11.8 Å². The van der Waals surface area contributed by atoms with E-state index in [9.17, 15) is 8.42 Å². The topological polar surface area (TPSA) is 58.2 Å². The van der Waals surface area contributed by atoms with E-state index in [4.69, 9.17) is 0 Å². The number of hydrogen-bond acceptors (Lipinski definition) is 4. The Morgan fingerprint density at radius 1 is 1.37 bits per heavy atom. The van der Waals surface area contributed by atoms with Crippen LogP contribution in [0.25, 0.3) is 0 Å². The standard InChI is InChI=1S/C13H20N2O2S2/c1-18-13-5-2-4-12(10-13)15-19(16,17)9-3-8-14-11-6-7-11/h2,4-5,10-11,14-15H,3,6-9H2,1H3. The lowest BCUT2D eigenvalue weighted by Crippen LogP contribution is -2.23. The minimum Gasteiger partial charge on any atom is -0.314 e. The van der Waals surface area contributed by atoms with Crippen LogP contribution in [0.3, 0.4) is 0 Å². The summed E-state index contributed by atoms with van der Waals surface area (Å²) in [4.78, 5) is 1.05. The van der Waals surface area contributed by atoms with Gasteiger partial charge in [-0.2, -0.15) is 0 Å². The van der Waals surface area contributed by atoms with Crippen LogP contribution >= 0.6 is 11.8 Å². The zero-order chi connectivity index (χ0) is 13.7. The molecule has 2 rings (SSSR count). The molecule has 4 nitrogen and oxygen atoms in total. The van der Waals surface area contributed by atoms with E-state index in [1.807, 2.05) is 24.5 Å². The molecule has 0 aromatic heterocycles. The summed E-state index contributed by atoms with van der Waals surface area (Å²) in [6.07, 6.45) is 5.07. The summed E-state index contributed by atoms with van der Waals surface area (Å²) in [7, 11) is -3.24. The molecule has 19 heavy (non-hydrogen) atoms. The summed E-state index contributed by atoms with van der Waals surface area (Å²) in [6, 6.07) is 8.08. The Labute approximate surface area is 119 Å². The zero-order valence-corrected chi connectivity index (χ0v) is 12.7. The van der Waals surface area contributed by atoms with Crippen molar-refractivity contribution in [2.45, 2.75) is 30.2 Å². The maximum atomic E-state index is 11.9. The van der Waals surface area contributed by atoms with Crippen LogP contribution in [-0.2, 0) is 10.0 Å². The third kappa shape index (κ3) is 5.42. The molecule has 1 aliphatic rings. The molecule has 0 atom stereocenters. The van der Waals surface area contributed by atoms with E-state index in [0.29, 0.717) is 18.2 Å². The molecule has 0 radical (unpaired) electrons. The molecule has 106 valence electrons. The largest absolute Gasteiger partial charge is 0.314 e. The van der Waals surface area contributed by atoms with Gasteiger partial charge in [-0.3, -0.25) is 4.72 Å². The van der Waals surface area contributed by atoms with Crippen LogP contribution in [0.4, 0.5) is 5.69 Å². The fraction of sp³-hybridized carbons (Fsp3) is 0.538. The van der Waals surface area contributed by atoms with Crippen molar-refractivity contribution < 1.29 is 8.42 Å². The van der Waals surface area contributed by atoms with Gasteiger partial charge in [0.2, 0.25) is 10.0 Å². The third-order valence-electron chi connectivity index (χ3n) is 2.94. The maximum absolute atomic E-state index is 11.9. The minimum atomic E-state index is -3.24. The number of benzene rings is 1. The third-order valence-corrected chi connectivity index (χ3v) is 5.04. The predicted octanol–water partition coefficient (Wildman–Crippen LogP) is 2.29. The predicted molar refractivity (Wildman–Crippen MR) is 81.3 cm³/mol. The molecule has 0 aliphatic heterocycles. The molecule has 0 unspecified atom stereocenters. The maximum Gasteiger partial charge on any atom is 0.232 e. The Bertz CT molecular complexity index is 513. The van der Waals surface area contributed by atoms with Crippen molar-refractivity contribution in [1.29, 1.82) is 0 Å². The van der Waals surface area contributed by atoms with Gasteiger partial charge in [-0.05, 0) is 50.3 Å². The molecule has 1 saturated carbocycles. The first-order valence-electron chi connectivity index (χ1n) is 6.47. The van der Waals surface area contributed by atoms with Crippen molar-refractivity contribution in [3.8, 4) is 0 Å². The van der Waals surface area contributed by atoms with Gasteiger partial charge < -0.3 is 5.32 Å². The lowest BCUT2D eigenvalue weighted by molar-refractivity contribution is 0.593. The molecule has 1 fully saturated rings. The number of nitrogens with one attached hydrogen (secondary N) is 2. The fourth-order valence-corrected chi connectivity index (χ4v) is 3.34. The summed E-state index contributed by atoms with van der Waals surface area (Å²) < 4.78 is 26.5. The highest BCUT2D eigenvalue weighted by molar-refractivity contribution is 7.98. The second kappa shape index (κ2) is 6.63. The molecule has 1 aromatic carbocycles. The van der Waals surface area contributed by atoms with Gasteiger partial charge in [-0.25, -0.2) is 8.42 Å². The average molecular weight is 300 g/mol. The van der Waals surface area contributed by atoms with Crippen molar-refractivity contribution in [2.24, 2.45) is 0 Å². The van der Waals surface area contributed by atoms with E-state index in [0.717, 1.165) is 11.4 Å². The van der Waals surface area contributed by atoms with Crippen molar-refractivity contribution in [3.63, 3.8) is 0 Å². The molecule has 1 aromatic rings.